The van der Waals surface area contributed by atoms with Gasteiger partial charge in [0.2, 0.25) is 0 Å². The topological polar surface area (TPSA) is 45.8 Å². The van der Waals surface area contributed by atoms with Gasteiger partial charge in [0, 0.05) is 17.0 Å². The SMILES string of the molecule is O=C1/C(=C/c2ccc(Sc3ccccc3)o2)SC(=Nc2ccccc2)N1C1CCCCC1. The average Bonchev–Trinajstić information content (AvgIpc) is 3.39. The first-order chi connectivity index (χ1) is 15.8. The van der Waals surface area contributed by atoms with E-state index in [9.17, 15) is 4.79 Å². The molecule has 0 spiro atoms. The van der Waals surface area contributed by atoms with Gasteiger partial charge in [-0.2, -0.15) is 0 Å². The molecule has 2 aliphatic rings. The molecule has 162 valence electrons. The second kappa shape index (κ2) is 9.84. The number of hydrogen-bond donors (Lipinski definition) is 0. The summed E-state index contributed by atoms with van der Waals surface area (Å²) in [5.74, 6) is 0.717. The van der Waals surface area contributed by atoms with Crippen molar-refractivity contribution in [1.82, 2.24) is 4.90 Å². The Morgan fingerprint density at radius 2 is 1.66 bits per heavy atom. The van der Waals surface area contributed by atoms with E-state index >= 15 is 0 Å². The third-order valence-corrected chi connectivity index (χ3v) is 7.51. The van der Waals surface area contributed by atoms with Gasteiger partial charge in [-0.1, -0.05) is 67.4 Å². The maximum atomic E-state index is 13.4. The number of amidine groups is 1. The lowest BCUT2D eigenvalue weighted by Gasteiger charge is -2.30. The highest BCUT2D eigenvalue weighted by Crippen LogP contribution is 2.39. The molecule has 0 radical (unpaired) electrons. The molecule has 1 aliphatic heterocycles. The minimum absolute atomic E-state index is 0.0326. The van der Waals surface area contributed by atoms with Gasteiger partial charge in [-0.25, -0.2) is 4.99 Å². The number of amides is 1. The average molecular weight is 461 g/mol. The zero-order valence-electron chi connectivity index (χ0n) is 17.6. The summed E-state index contributed by atoms with van der Waals surface area (Å²) in [7, 11) is 0. The monoisotopic (exact) mass is 460 g/mol. The molecule has 2 aromatic carbocycles. The van der Waals surface area contributed by atoms with Gasteiger partial charge in [0.15, 0.2) is 10.3 Å². The van der Waals surface area contributed by atoms with Crippen LogP contribution < -0.4 is 0 Å². The van der Waals surface area contributed by atoms with Gasteiger partial charge in [0.1, 0.15) is 5.76 Å². The van der Waals surface area contributed by atoms with Crippen molar-refractivity contribution in [3.05, 3.63) is 83.5 Å². The van der Waals surface area contributed by atoms with Crippen LogP contribution in [0.4, 0.5) is 5.69 Å². The summed E-state index contributed by atoms with van der Waals surface area (Å²) in [5.41, 5.74) is 0.865. The first-order valence-corrected chi connectivity index (χ1v) is 12.6. The summed E-state index contributed by atoms with van der Waals surface area (Å²) in [4.78, 5) is 21.9. The van der Waals surface area contributed by atoms with Crippen molar-refractivity contribution in [1.29, 1.82) is 0 Å². The second-order valence-corrected chi connectivity index (χ2v) is 9.97. The number of hydrogen-bond acceptors (Lipinski definition) is 5. The fourth-order valence-corrected chi connectivity index (χ4v) is 5.88. The normalized spacial score (nSPS) is 19.9. The predicted molar refractivity (Wildman–Crippen MR) is 132 cm³/mol. The first-order valence-electron chi connectivity index (χ1n) is 11.0. The summed E-state index contributed by atoms with van der Waals surface area (Å²) in [6.07, 6.45) is 7.49. The molecule has 2 fully saturated rings. The van der Waals surface area contributed by atoms with E-state index in [0.717, 1.165) is 46.5 Å². The lowest BCUT2D eigenvalue weighted by molar-refractivity contribution is -0.124. The summed E-state index contributed by atoms with van der Waals surface area (Å²) in [6, 6.07) is 24.1. The van der Waals surface area contributed by atoms with Crippen LogP contribution in [0.2, 0.25) is 0 Å². The van der Waals surface area contributed by atoms with Gasteiger partial charge < -0.3 is 4.42 Å². The molecule has 0 unspecified atom stereocenters. The molecule has 1 saturated carbocycles. The smallest absolute Gasteiger partial charge is 0.267 e. The molecule has 6 heteroatoms. The van der Waals surface area contributed by atoms with Gasteiger partial charge in [0.05, 0.1) is 10.6 Å². The predicted octanol–water partition coefficient (Wildman–Crippen LogP) is 7.37. The van der Waals surface area contributed by atoms with Gasteiger partial charge in [-0.05, 0) is 61.0 Å². The highest BCUT2D eigenvalue weighted by Gasteiger charge is 2.38. The fraction of sp³-hybridized carbons (Fsp3) is 0.231. The lowest BCUT2D eigenvalue weighted by Crippen LogP contribution is -2.40. The molecule has 3 aromatic rings. The fourth-order valence-electron chi connectivity index (χ4n) is 4.04. The van der Waals surface area contributed by atoms with Crippen molar-refractivity contribution in [3.63, 3.8) is 0 Å². The van der Waals surface area contributed by atoms with Crippen LogP contribution in [0, 0.1) is 0 Å². The largest absolute Gasteiger partial charge is 0.450 e. The quantitative estimate of drug-likeness (QED) is 0.373. The standard InChI is InChI=1S/C26H24N2O2S2/c29-25-23(18-21-16-17-24(30-21)31-22-14-8-3-9-15-22)32-26(27-19-10-4-1-5-11-19)28(25)20-12-6-2-7-13-20/h1,3-5,8-11,14-18,20H,2,6-7,12-13H2/b23-18-,27-26?. The number of carbonyl (C=O) groups is 1. The minimum Gasteiger partial charge on any atom is -0.450 e. The Hall–Kier alpha value is -2.70. The number of aliphatic imine (C=N–C) groups is 1. The van der Waals surface area contributed by atoms with E-state index < -0.39 is 0 Å². The van der Waals surface area contributed by atoms with Gasteiger partial charge in [-0.3, -0.25) is 9.69 Å². The maximum absolute atomic E-state index is 13.4. The molecular formula is C26H24N2O2S2. The van der Waals surface area contributed by atoms with Crippen molar-refractivity contribution in [2.45, 2.75) is 48.1 Å². The molecule has 0 bridgehead atoms. The first kappa shape index (κ1) is 21.2. The summed E-state index contributed by atoms with van der Waals surface area (Å²) < 4.78 is 5.99. The molecule has 1 aliphatic carbocycles. The zero-order chi connectivity index (χ0) is 21.8. The second-order valence-electron chi connectivity index (χ2n) is 7.88. The third kappa shape index (κ3) is 4.87. The Morgan fingerprint density at radius 1 is 0.938 bits per heavy atom. The molecule has 1 aromatic heterocycles. The van der Waals surface area contributed by atoms with E-state index in [1.165, 1.54) is 18.2 Å². The number of para-hydroxylation sites is 1. The number of nitrogens with zero attached hydrogens (tertiary/aromatic N) is 2. The molecule has 5 rings (SSSR count). The number of rotatable bonds is 5. The highest BCUT2D eigenvalue weighted by atomic mass is 32.2. The molecule has 1 amide bonds. The van der Waals surface area contributed by atoms with Crippen molar-refractivity contribution >= 4 is 46.4 Å². The zero-order valence-corrected chi connectivity index (χ0v) is 19.3. The molecule has 1 saturated heterocycles. The summed E-state index contributed by atoms with van der Waals surface area (Å²) in [6.45, 7) is 0. The van der Waals surface area contributed by atoms with E-state index in [1.54, 1.807) is 11.8 Å². The molecule has 2 heterocycles. The number of furan rings is 1. The van der Waals surface area contributed by atoms with Crippen molar-refractivity contribution in [2.24, 2.45) is 4.99 Å². The molecule has 32 heavy (non-hydrogen) atoms. The summed E-state index contributed by atoms with van der Waals surface area (Å²) >= 11 is 3.02. The Kier molecular flexibility index (Phi) is 6.51. The van der Waals surface area contributed by atoms with Crippen LogP contribution in [0.3, 0.4) is 0 Å². The van der Waals surface area contributed by atoms with E-state index in [2.05, 4.69) is 12.1 Å². The van der Waals surface area contributed by atoms with Crippen LogP contribution in [0.1, 0.15) is 37.9 Å². The van der Waals surface area contributed by atoms with Crippen molar-refractivity contribution in [2.75, 3.05) is 0 Å². The van der Waals surface area contributed by atoms with Crippen molar-refractivity contribution in [3.8, 4) is 0 Å². The van der Waals surface area contributed by atoms with Crippen LogP contribution in [0.5, 0.6) is 0 Å². The molecular weight excluding hydrogens is 436 g/mol. The van der Waals surface area contributed by atoms with Crippen LogP contribution in [0.25, 0.3) is 6.08 Å². The number of benzene rings is 2. The van der Waals surface area contributed by atoms with Crippen LogP contribution in [0.15, 0.2) is 97.1 Å². The molecule has 0 atom stereocenters. The van der Waals surface area contributed by atoms with E-state index in [0.29, 0.717) is 10.7 Å². The lowest BCUT2D eigenvalue weighted by atomic mass is 9.94. The van der Waals surface area contributed by atoms with Crippen LogP contribution >= 0.6 is 23.5 Å². The Balaban J connectivity index is 1.41. The Morgan fingerprint density at radius 3 is 2.41 bits per heavy atom. The summed E-state index contributed by atoms with van der Waals surface area (Å²) in [5, 5.41) is 1.57. The third-order valence-electron chi connectivity index (χ3n) is 5.59. The van der Waals surface area contributed by atoms with Gasteiger partial charge >= 0.3 is 0 Å². The number of carbonyl (C=O) groups excluding carboxylic acids is 1. The van der Waals surface area contributed by atoms with Crippen LogP contribution in [-0.4, -0.2) is 22.0 Å². The van der Waals surface area contributed by atoms with E-state index in [4.69, 9.17) is 9.41 Å². The van der Waals surface area contributed by atoms with Gasteiger partial charge in [-0.15, -0.1) is 0 Å². The Labute approximate surface area is 196 Å². The van der Waals surface area contributed by atoms with Crippen molar-refractivity contribution < 1.29 is 9.21 Å². The van der Waals surface area contributed by atoms with E-state index in [1.807, 2.05) is 71.6 Å². The molecule has 0 N–H and O–H groups in total. The Bertz CT molecular complexity index is 1130. The van der Waals surface area contributed by atoms with Gasteiger partial charge in [0.25, 0.3) is 5.91 Å². The highest BCUT2D eigenvalue weighted by molar-refractivity contribution is 8.18. The molecule has 4 nitrogen and oxygen atoms in total. The van der Waals surface area contributed by atoms with Crippen LogP contribution in [-0.2, 0) is 4.79 Å². The maximum Gasteiger partial charge on any atom is 0.267 e. The number of thioether (sulfide) groups is 1. The minimum atomic E-state index is 0.0326. The van der Waals surface area contributed by atoms with E-state index in [-0.39, 0.29) is 11.9 Å².